The maximum Gasteiger partial charge on any atom is 0.309 e. The molecule has 0 heterocycles. The number of hydrogen-bond donors (Lipinski definition) is 1. The number of rotatable bonds is 4. The maximum absolute atomic E-state index is 13.2. The Balaban J connectivity index is 1.84. The zero-order valence-electron chi connectivity index (χ0n) is 10.3. The van der Waals surface area contributed by atoms with Gasteiger partial charge in [0.05, 0.1) is 11.6 Å². The number of nitrogens with one attached hydrogen (secondary N) is 1. The fraction of sp³-hybridized carbons (Fsp3) is 0.385. The van der Waals surface area contributed by atoms with Crippen molar-refractivity contribution in [1.29, 1.82) is 0 Å². The van der Waals surface area contributed by atoms with Crippen molar-refractivity contribution >= 4 is 17.6 Å². The molecule has 1 saturated carbocycles. The third kappa shape index (κ3) is 3.49. The van der Waals surface area contributed by atoms with Crippen LogP contribution in [0.1, 0.15) is 13.3 Å². The van der Waals surface area contributed by atoms with Crippen molar-refractivity contribution in [2.75, 3.05) is 11.9 Å². The summed E-state index contributed by atoms with van der Waals surface area (Å²) in [4.78, 5) is 22.8. The van der Waals surface area contributed by atoms with Gasteiger partial charge >= 0.3 is 5.97 Å². The van der Waals surface area contributed by atoms with Gasteiger partial charge < -0.3 is 10.1 Å². The average Bonchev–Trinajstić information content (AvgIpc) is 3.08. The van der Waals surface area contributed by atoms with Gasteiger partial charge in [-0.25, -0.2) is 8.78 Å². The summed E-state index contributed by atoms with van der Waals surface area (Å²) in [5.41, 5.74) is -0.277. The van der Waals surface area contributed by atoms with Gasteiger partial charge in [-0.3, -0.25) is 9.59 Å². The largest absolute Gasteiger partial charge is 0.455 e. The van der Waals surface area contributed by atoms with Gasteiger partial charge in [0.15, 0.2) is 6.61 Å². The van der Waals surface area contributed by atoms with Crippen LogP contribution in [-0.4, -0.2) is 18.5 Å². The zero-order valence-corrected chi connectivity index (χ0v) is 10.3. The number of carbonyl (C=O) groups is 2. The van der Waals surface area contributed by atoms with Crippen LogP contribution >= 0.6 is 0 Å². The van der Waals surface area contributed by atoms with Crippen LogP contribution in [0, 0.1) is 23.5 Å². The summed E-state index contributed by atoms with van der Waals surface area (Å²) in [6.07, 6.45) is 0.763. The normalized spacial score (nSPS) is 20.8. The summed E-state index contributed by atoms with van der Waals surface area (Å²) in [6, 6.07) is 2.71. The molecule has 0 spiro atoms. The molecule has 1 amide bonds. The molecule has 1 aliphatic carbocycles. The van der Waals surface area contributed by atoms with Crippen LogP contribution in [-0.2, 0) is 14.3 Å². The predicted molar refractivity (Wildman–Crippen MR) is 63.2 cm³/mol. The smallest absolute Gasteiger partial charge is 0.309 e. The Kier molecular flexibility index (Phi) is 3.78. The lowest BCUT2D eigenvalue weighted by molar-refractivity contribution is -0.148. The molecular formula is C13H13F2NO3. The average molecular weight is 269 g/mol. The van der Waals surface area contributed by atoms with Crippen LogP contribution in [0.4, 0.5) is 14.5 Å². The van der Waals surface area contributed by atoms with Crippen LogP contribution in [0.2, 0.25) is 0 Å². The minimum absolute atomic E-state index is 0.140. The minimum Gasteiger partial charge on any atom is -0.455 e. The maximum atomic E-state index is 13.2. The Hall–Kier alpha value is -1.98. The molecule has 1 aliphatic rings. The molecule has 0 saturated heterocycles. The van der Waals surface area contributed by atoms with Gasteiger partial charge in [0, 0.05) is 6.07 Å². The molecule has 0 bridgehead atoms. The molecule has 1 N–H and O–H groups in total. The van der Waals surface area contributed by atoms with E-state index in [1.807, 2.05) is 6.92 Å². The van der Waals surface area contributed by atoms with Crippen LogP contribution in [0.15, 0.2) is 18.2 Å². The third-order valence-corrected chi connectivity index (χ3v) is 2.96. The molecule has 1 fully saturated rings. The number of carbonyl (C=O) groups excluding carboxylic acids is 2. The summed E-state index contributed by atoms with van der Waals surface area (Å²) in [5, 5.41) is 2.15. The molecule has 6 heteroatoms. The fourth-order valence-corrected chi connectivity index (χ4v) is 1.67. The first-order valence-corrected chi connectivity index (χ1v) is 5.89. The van der Waals surface area contributed by atoms with Crippen molar-refractivity contribution in [1.82, 2.24) is 0 Å². The van der Waals surface area contributed by atoms with Crippen LogP contribution in [0.5, 0.6) is 0 Å². The molecule has 1 aromatic rings. The van der Waals surface area contributed by atoms with Crippen molar-refractivity contribution in [3.8, 4) is 0 Å². The molecule has 2 atom stereocenters. The second-order valence-corrected chi connectivity index (χ2v) is 4.60. The van der Waals surface area contributed by atoms with Crippen LogP contribution in [0.25, 0.3) is 0 Å². The van der Waals surface area contributed by atoms with Gasteiger partial charge in [0.1, 0.15) is 11.6 Å². The van der Waals surface area contributed by atoms with Crippen molar-refractivity contribution in [3.05, 3.63) is 29.8 Å². The third-order valence-electron chi connectivity index (χ3n) is 2.96. The number of hydrogen-bond acceptors (Lipinski definition) is 3. The highest BCUT2D eigenvalue weighted by Crippen LogP contribution is 2.38. The number of ether oxygens (including phenoxy) is 1. The van der Waals surface area contributed by atoms with Gasteiger partial charge in [0.25, 0.3) is 5.91 Å². The monoisotopic (exact) mass is 269 g/mol. The number of amides is 1. The first-order chi connectivity index (χ1) is 8.97. The number of halogens is 2. The van der Waals surface area contributed by atoms with Gasteiger partial charge in [-0.1, -0.05) is 6.92 Å². The van der Waals surface area contributed by atoms with Gasteiger partial charge in [-0.2, -0.15) is 0 Å². The van der Waals surface area contributed by atoms with Gasteiger partial charge in [-0.05, 0) is 24.5 Å². The Morgan fingerprint density at radius 3 is 2.74 bits per heavy atom. The Morgan fingerprint density at radius 1 is 1.42 bits per heavy atom. The van der Waals surface area contributed by atoms with Crippen molar-refractivity contribution in [2.24, 2.45) is 11.8 Å². The number of anilines is 1. The quantitative estimate of drug-likeness (QED) is 0.852. The first kappa shape index (κ1) is 13.5. The number of benzene rings is 1. The first-order valence-electron chi connectivity index (χ1n) is 5.89. The van der Waals surface area contributed by atoms with Gasteiger partial charge in [0.2, 0.25) is 0 Å². The SMILES string of the molecule is C[C@@H]1C[C@@H]1C(=O)OCC(=O)Nc1cc(F)ccc1F. The van der Waals surface area contributed by atoms with E-state index in [0.29, 0.717) is 0 Å². The van der Waals surface area contributed by atoms with Crippen molar-refractivity contribution in [3.63, 3.8) is 0 Å². The lowest BCUT2D eigenvalue weighted by Crippen LogP contribution is -2.22. The summed E-state index contributed by atoms with van der Waals surface area (Å²) in [6.45, 7) is 1.41. The standard InChI is InChI=1S/C13H13F2NO3/c1-7-4-9(7)13(18)19-6-12(17)16-11-5-8(14)2-3-10(11)15/h2-3,5,7,9H,4,6H2,1H3,(H,16,17)/t7-,9+/m1/s1. The highest BCUT2D eigenvalue weighted by Gasteiger charge is 2.40. The molecule has 0 radical (unpaired) electrons. The van der Waals surface area contributed by atoms with Crippen molar-refractivity contribution < 1.29 is 23.1 Å². The Labute approximate surface area is 108 Å². The number of esters is 1. The molecule has 0 aliphatic heterocycles. The topological polar surface area (TPSA) is 55.4 Å². The predicted octanol–water partition coefficient (Wildman–Crippen LogP) is 2.10. The summed E-state index contributed by atoms with van der Waals surface area (Å²) in [7, 11) is 0. The molecule has 2 rings (SSSR count). The van der Waals surface area contributed by atoms with E-state index < -0.39 is 30.1 Å². The minimum atomic E-state index is -0.753. The van der Waals surface area contributed by atoms with E-state index in [1.54, 1.807) is 0 Å². The van der Waals surface area contributed by atoms with E-state index in [-0.39, 0.29) is 17.5 Å². The molecule has 19 heavy (non-hydrogen) atoms. The second-order valence-electron chi connectivity index (χ2n) is 4.60. The van der Waals surface area contributed by atoms with E-state index in [9.17, 15) is 18.4 Å². The van der Waals surface area contributed by atoms with E-state index >= 15 is 0 Å². The van der Waals surface area contributed by atoms with Gasteiger partial charge in [-0.15, -0.1) is 0 Å². The molecule has 102 valence electrons. The lowest BCUT2D eigenvalue weighted by atomic mass is 10.3. The summed E-state index contributed by atoms with van der Waals surface area (Å²) < 4.78 is 30.9. The zero-order chi connectivity index (χ0) is 14.0. The molecule has 4 nitrogen and oxygen atoms in total. The van der Waals surface area contributed by atoms with Crippen molar-refractivity contribution in [2.45, 2.75) is 13.3 Å². The highest BCUT2D eigenvalue weighted by atomic mass is 19.1. The van der Waals surface area contributed by atoms with Crippen LogP contribution < -0.4 is 5.32 Å². The molecule has 0 aromatic heterocycles. The molecule has 1 aromatic carbocycles. The Morgan fingerprint density at radius 2 is 2.11 bits per heavy atom. The summed E-state index contributed by atoms with van der Waals surface area (Å²) in [5.74, 6) is -2.40. The van der Waals surface area contributed by atoms with E-state index in [0.717, 1.165) is 24.6 Å². The Bertz CT molecular complexity index is 519. The second kappa shape index (κ2) is 5.34. The molecule has 0 unspecified atom stereocenters. The van der Waals surface area contributed by atoms with Crippen LogP contribution in [0.3, 0.4) is 0 Å². The van der Waals surface area contributed by atoms with E-state index in [1.165, 1.54) is 0 Å². The highest BCUT2D eigenvalue weighted by molar-refractivity contribution is 5.93. The summed E-state index contributed by atoms with van der Waals surface area (Å²) >= 11 is 0. The molecular weight excluding hydrogens is 256 g/mol. The lowest BCUT2D eigenvalue weighted by Gasteiger charge is -2.07. The van der Waals surface area contributed by atoms with E-state index in [2.05, 4.69) is 5.32 Å². The van der Waals surface area contributed by atoms with E-state index in [4.69, 9.17) is 4.74 Å². The fourth-order valence-electron chi connectivity index (χ4n) is 1.67.